The van der Waals surface area contributed by atoms with Gasteiger partial charge in [-0.1, -0.05) is 19.1 Å². The van der Waals surface area contributed by atoms with Gasteiger partial charge in [-0.2, -0.15) is 0 Å². The lowest BCUT2D eigenvalue weighted by molar-refractivity contribution is -0.123. The number of benzene rings is 1. The summed E-state index contributed by atoms with van der Waals surface area (Å²) in [5, 5.41) is 0. The Morgan fingerprint density at radius 2 is 1.73 bits per heavy atom. The Hall–Kier alpha value is -2.41. The number of amides is 3. The maximum Gasteiger partial charge on any atom is 0.409 e. The van der Waals surface area contributed by atoms with Crippen LogP contribution in [0.15, 0.2) is 24.3 Å². The molecular formula is C19H25N3O4. The Morgan fingerprint density at radius 3 is 2.31 bits per heavy atom. The van der Waals surface area contributed by atoms with Crippen LogP contribution in [0.4, 0.5) is 10.5 Å². The molecule has 0 aliphatic carbocycles. The maximum absolute atomic E-state index is 12.8. The molecule has 0 spiro atoms. The van der Waals surface area contributed by atoms with E-state index < -0.39 is 6.04 Å². The van der Waals surface area contributed by atoms with Crippen molar-refractivity contribution in [3.63, 3.8) is 0 Å². The molecule has 1 aromatic rings. The quantitative estimate of drug-likeness (QED) is 0.765. The summed E-state index contributed by atoms with van der Waals surface area (Å²) in [5.74, 6) is -0.346. The van der Waals surface area contributed by atoms with Gasteiger partial charge in [0.2, 0.25) is 5.91 Å². The fourth-order valence-corrected chi connectivity index (χ4v) is 3.48. The van der Waals surface area contributed by atoms with Crippen LogP contribution in [0.25, 0.3) is 0 Å². The van der Waals surface area contributed by atoms with E-state index in [1.54, 1.807) is 11.8 Å². The van der Waals surface area contributed by atoms with Gasteiger partial charge in [-0.25, -0.2) is 9.69 Å². The molecule has 2 aliphatic rings. The molecule has 2 fully saturated rings. The minimum atomic E-state index is -0.447. The van der Waals surface area contributed by atoms with Crippen LogP contribution in [-0.4, -0.2) is 66.5 Å². The largest absolute Gasteiger partial charge is 0.450 e. The fourth-order valence-electron chi connectivity index (χ4n) is 3.48. The highest BCUT2D eigenvalue weighted by Gasteiger charge is 2.43. The number of rotatable bonds is 4. The molecule has 0 bridgehead atoms. The third-order valence-corrected chi connectivity index (χ3v) is 5.01. The SMILES string of the molecule is CCOC(=O)N1CCN([C@@H]2CC(=O)N(c3ccc(CC)cc3)C2=O)CC1. The van der Waals surface area contributed by atoms with Crippen molar-refractivity contribution >= 4 is 23.6 Å². The summed E-state index contributed by atoms with van der Waals surface area (Å²) >= 11 is 0. The molecule has 0 unspecified atom stereocenters. The molecule has 0 radical (unpaired) electrons. The molecule has 1 aromatic carbocycles. The van der Waals surface area contributed by atoms with E-state index in [9.17, 15) is 14.4 Å². The molecule has 3 rings (SSSR count). The second kappa shape index (κ2) is 7.86. The maximum atomic E-state index is 12.8. The second-order valence-corrected chi connectivity index (χ2v) is 6.53. The van der Waals surface area contributed by atoms with Gasteiger partial charge in [0.05, 0.1) is 24.8 Å². The summed E-state index contributed by atoms with van der Waals surface area (Å²) in [6.45, 7) is 6.31. The third kappa shape index (κ3) is 3.58. The number of ether oxygens (including phenoxy) is 1. The lowest BCUT2D eigenvalue weighted by Gasteiger charge is -2.36. The van der Waals surface area contributed by atoms with Crippen LogP contribution in [-0.2, 0) is 20.7 Å². The molecule has 140 valence electrons. The highest BCUT2D eigenvalue weighted by Crippen LogP contribution is 2.26. The van der Waals surface area contributed by atoms with Crippen LogP contribution in [0.2, 0.25) is 0 Å². The molecule has 2 heterocycles. The van der Waals surface area contributed by atoms with Crippen LogP contribution >= 0.6 is 0 Å². The van der Waals surface area contributed by atoms with Crippen LogP contribution in [0.5, 0.6) is 0 Å². The smallest absolute Gasteiger partial charge is 0.409 e. The van der Waals surface area contributed by atoms with Crippen molar-refractivity contribution in [2.45, 2.75) is 32.7 Å². The summed E-state index contributed by atoms with van der Waals surface area (Å²) in [6, 6.07) is 7.10. The summed E-state index contributed by atoms with van der Waals surface area (Å²) in [6.07, 6.45) is 0.780. The molecule has 7 nitrogen and oxygen atoms in total. The van der Waals surface area contributed by atoms with Gasteiger partial charge in [0, 0.05) is 26.2 Å². The van der Waals surface area contributed by atoms with Gasteiger partial charge in [0.25, 0.3) is 5.91 Å². The fraction of sp³-hybridized carbons (Fsp3) is 0.526. The molecule has 3 amide bonds. The second-order valence-electron chi connectivity index (χ2n) is 6.53. The average molecular weight is 359 g/mol. The summed E-state index contributed by atoms with van der Waals surface area (Å²) in [7, 11) is 0. The predicted octanol–water partition coefficient (Wildman–Crippen LogP) is 1.65. The highest BCUT2D eigenvalue weighted by atomic mass is 16.6. The van der Waals surface area contributed by atoms with Crippen molar-refractivity contribution in [3.05, 3.63) is 29.8 Å². The van der Waals surface area contributed by atoms with Crippen molar-refractivity contribution in [2.24, 2.45) is 0 Å². The molecule has 0 saturated carbocycles. The number of anilines is 1. The summed E-state index contributed by atoms with van der Waals surface area (Å²) < 4.78 is 5.01. The monoisotopic (exact) mass is 359 g/mol. The Kier molecular flexibility index (Phi) is 5.56. The van der Waals surface area contributed by atoms with Crippen molar-refractivity contribution in [1.82, 2.24) is 9.80 Å². The van der Waals surface area contributed by atoms with E-state index >= 15 is 0 Å². The number of carbonyl (C=O) groups excluding carboxylic acids is 3. The topological polar surface area (TPSA) is 70.2 Å². The first-order valence-corrected chi connectivity index (χ1v) is 9.16. The Balaban J connectivity index is 1.65. The molecule has 2 aliphatic heterocycles. The van der Waals surface area contributed by atoms with Crippen LogP contribution in [0.3, 0.4) is 0 Å². The van der Waals surface area contributed by atoms with Crippen molar-refractivity contribution < 1.29 is 19.1 Å². The zero-order valence-electron chi connectivity index (χ0n) is 15.3. The Morgan fingerprint density at radius 1 is 1.08 bits per heavy atom. The van der Waals surface area contributed by atoms with E-state index in [1.807, 2.05) is 29.2 Å². The Bertz CT molecular complexity index is 681. The van der Waals surface area contributed by atoms with E-state index in [2.05, 4.69) is 6.92 Å². The van der Waals surface area contributed by atoms with Crippen molar-refractivity contribution in [1.29, 1.82) is 0 Å². The predicted molar refractivity (Wildman–Crippen MR) is 96.9 cm³/mol. The zero-order valence-corrected chi connectivity index (χ0v) is 15.3. The summed E-state index contributed by atoms with van der Waals surface area (Å²) in [5.41, 5.74) is 1.80. The standard InChI is InChI=1S/C19H25N3O4/c1-3-14-5-7-15(8-6-14)22-17(23)13-16(18(22)24)20-9-11-21(12-10-20)19(25)26-4-2/h5-8,16H,3-4,9-13H2,1-2H3/t16-/m1/s1. The third-order valence-electron chi connectivity index (χ3n) is 5.01. The average Bonchev–Trinajstić information content (AvgIpc) is 2.96. The molecule has 0 aromatic heterocycles. The van der Waals surface area contributed by atoms with Crippen LogP contribution in [0.1, 0.15) is 25.8 Å². The number of hydrogen-bond donors (Lipinski definition) is 0. The molecule has 26 heavy (non-hydrogen) atoms. The van der Waals surface area contributed by atoms with E-state index in [0.29, 0.717) is 38.5 Å². The number of aryl methyl sites for hydroxylation is 1. The number of hydrogen-bond acceptors (Lipinski definition) is 5. The van der Waals surface area contributed by atoms with Crippen molar-refractivity contribution in [2.75, 3.05) is 37.7 Å². The van der Waals surface area contributed by atoms with Crippen LogP contribution in [0, 0.1) is 0 Å². The zero-order chi connectivity index (χ0) is 18.7. The lowest BCUT2D eigenvalue weighted by atomic mass is 10.1. The molecular weight excluding hydrogens is 334 g/mol. The molecule has 1 atom stereocenters. The van der Waals surface area contributed by atoms with Gasteiger partial charge in [-0.3, -0.25) is 14.5 Å². The van der Waals surface area contributed by atoms with E-state index in [4.69, 9.17) is 4.74 Å². The number of carbonyl (C=O) groups is 3. The van der Waals surface area contributed by atoms with Gasteiger partial charge in [-0.05, 0) is 31.0 Å². The van der Waals surface area contributed by atoms with Crippen LogP contribution < -0.4 is 4.90 Å². The Labute approximate surface area is 153 Å². The van der Waals surface area contributed by atoms with Gasteiger partial charge >= 0.3 is 6.09 Å². The van der Waals surface area contributed by atoms with Crippen molar-refractivity contribution in [3.8, 4) is 0 Å². The molecule has 2 saturated heterocycles. The minimum Gasteiger partial charge on any atom is -0.450 e. The first-order chi connectivity index (χ1) is 12.5. The van der Waals surface area contributed by atoms with E-state index in [-0.39, 0.29) is 24.3 Å². The minimum absolute atomic E-state index is 0.169. The molecule has 7 heteroatoms. The first kappa shape index (κ1) is 18.4. The van der Waals surface area contributed by atoms with Gasteiger partial charge in [0.1, 0.15) is 0 Å². The normalized spacial score (nSPS) is 21.4. The number of piperazine rings is 1. The van der Waals surface area contributed by atoms with E-state index in [0.717, 1.165) is 6.42 Å². The van der Waals surface area contributed by atoms with Gasteiger partial charge in [-0.15, -0.1) is 0 Å². The first-order valence-electron chi connectivity index (χ1n) is 9.16. The van der Waals surface area contributed by atoms with E-state index in [1.165, 1.54) is 10.5 Å². The lowest BCUT2D eigenvalue weighted by Crippen LogP contribution is -2.54. The summed E-state index contributed by atoms with van der Waals surface area (Å²) in [4.78, 5) is 42.0. The van der Waals surface area contributed by atoms with Gasteiger partial charge < -0.3 is 9.64 Å². The number of nitrogens with zero attached hydrogens (tertiary/aromatic N) is 3. The highest BCUT2D eigenvalue weighted by molar-refractivity contribution is 6.22. The number of imide groups is 1. The van der Waals surface area contributed by atoms with Gasteiger partial charge in [0.15, 0.2) is 0 Å². The molecule has 0 N–H and O–H groups in total.